The van der Waals surface area contributed by atoms with E-state index in [0.29, 0.717) is 12.2 Å². The van der Waals surface area contributed by atoms with E-state index in [0.717, 1.165) is 16.7 Å². The second kappa shape index (κ2) is 29.2. The molecule has 11 heteroatoms. The minimum absolute atomic E-state index is 0.0769. The van der Waals surface area contributed by atoms with Gasteiger partial charge in [-0.25, -0.2) is 0 Å². The third-order valence-electron chi connectivity index (χ3n) is 11.2. The molecular weight excluding hydrogens is 802 g/mol. The highest BCUT2D eigenvalue weighted by atomic mass is 31.2. The lowest BCUT2D eigenvalue weighted by Gasteiger charge is -2.46. The number of hydrogen-bond donors (Lipinski definition) is 0. The minimum atomic E-state index is -4.89. The highest BCUT2D eigenvalue weighted by Crippen LogP contribution is 2.45. The number of hydrogen-bond acceptors (Lipinski definition) is 9. The first-order chi connectivity index (χ1) is 30.2. The van der Waals surface area contributed by atoms with Crippen molar-refractivity contribution in [2.75, 3.05) is 39.9 Å². The zero-order valence-corrected chi connectivity index (χ0v) is 38.9. The van der Waals surface area contributed by atoms with Crippen molar-refractivity contribution in [1.82, 2.24) is 0 Å². The molecule has 0 spiro atoms. The van der Waals surface area contributed by atoms with Gasteiger partial charge in [-0.3, -0.25) is 4.57 Å². The zero-order chi connectivity index (χ0) is 44.3. The Labute approximate surface area is 373 Å². The predicted octanol–water partition coefficient (Wildman–Crippen LogP) is 10.8. The first kappa shape index (κ1) is 51.4. The maximum Gasteiger partial charge on any atom is 0.268 e. The molecule has 0 bridgehead atoms. The van der Waals surface area contributed by atoms with Crippen LogP contribution in [-0.2, 0) is 63.7 Å². The fourth-order valence-corrected chi connectivity index (χ4v) is 8.56. The van der Waals surface area contributed by atoms with E-state index in [4.69, 9.17) is 32.7 Å². The molecule has 1 unspecified atom stereocenters. The molecule has 0 aromatic heterocycles. The Hall–Kier alpha value is -3.25. The normalized spacial score (nSPS) is 19.9. The number of benzene rings is 4. The number of nitrogens with zero attached hydrogens (tertiary/aromatic N) is 1. The monoisotopic (exact) mass is 876 g/mol. The van der Waals surface area contributed by atoms with E-state index in [1.54, 1.807) is 24.3 Å². The quantitative estimate of drug-likeness (QED) is 0.0407. The molecule has 342 valence electrons. The number of methoxy groups -OCH3 is 1. The molecule has 62 heavy (non-hydrogen) atoms. The Morgan fingerprint density at radius 2 is 0.935 bits per heavy atom. The van der Waals surface area contributed by atoms with Gasteiger partial charge in [-0.05, 0) is 47.9 Å². The molecule has 1 aliphatic rings. The maximum absolute atomic E-state index is 13.4. The molecule has 0 aliphatic carbocycles. The fraction of sp³-hybridized carbons (Fsp3) is 0.529. The first-order valence-corrected chi connectivity index (χ1v) is 24.3. The van der Waals surface area contributed by atoms with Gasteiger partial charge in [0.05, 0.1) is 59.2 Å². The number of phosphoric acid groups is 1. The predicted molar refractivity (Wildman–Crippen MR) is 245 cm³/mol. The van der Waals surface area contributed by atoms with Gasteiger partial charge in [0.25, 0.3) is 7.82 Å². The number of unbranched alkanes of at least 4 members (excludes halogenated alkanes) is 4. The summed E-state index contributed by atoms with van der Waals surface area (Å²) in [5.41, 5.74) is 3.43. The summed E-state index contributed by atoms with van der Waals surface area (Å²) in [5, 5.41) is 0. The van der Waals surface area contributed by atoms with Crippen LogP contribution in [0.3, 0.4) is 0 Å². The molecule has 0 radical (unpaired) electrons. The molecule has 10 nitrogen and oxygen atoms in total. The van der Waals surface area contributed by atoms with Gasteiger partial charge in [-0.15, -0.1) is 0 Å². The van der Waals surface area contributed by atoms with Crippen LogP contribution in [-0.4, -0.2) is 75.1 Å². The maximum atomic E-state index is 13.4. The van der Waals surface area contributed by atoms with Crippen molar-refractivity contribution >= 4 is 7.82 Å². The zero-order valence-electron chi connectivity index (χ0n) is 38.0. The van der Waals surface area contributed by atoms with Crippen molar-refractivity contribution in [2.45, 2.75) is 136 Å². The lowest BCUT2D eigenvalue weighted by molar-refractivity contribution is -0.929. The molecule has 1 saturated heterocycles. The van der Waals surface area contributed by atoms with Crippen LogP contribution in [0.15, 0.2) is 121 Å². The van der Waals surface area contributed by atoms with Gasteiger partial charge in [-0.2, -0.15) is 0 Å². The fourth-order valence-electron chi connectivity index (χ4n) is 7.65. The topological polar surface area (TPSA) is 105 Å². The Kier molecular flexibility index (Phi) is 24.2. The first-order valence-electron chi connectivity index (χ1n) is 22.9. The minimum Gasteiger partial charge on any atom is -0.756 e. The van der Waals surface area contributed by atoms with Crippen LogP contribution in [0.4, 0.5) is 0 Å². The largest absolute Gasteiger partial charge is 0.756 e. The molecule has 1 heterocycles. The summed E-state index contributed by atoms with van der Waals surface area (Å²) in [7, 11) is -3.42. The van der Waals surface area contributed by atoms with Crippen LogP contribution in [0.25, 0.3) is 0 Å². The molecule has 4 aromatic carbocycles. The Balaban J connectivity index is 0.000000421. The average molecular weight is 876 g/mol. The van der Waals surface area contributed by atoms with Crippen LogP contribution in [0.1, 0.15) is 101 Å². The highest BCUT2D eigenvalue weighted by molar-refractivity contribution is 7.45. The lowest BCUT2D eigenvalue weighted by Crippen LogP contribution is -2.61. The van der Waals surface area contributed by atoms with Crippen LogP contribution in [0.2, 0.25) is 0 Å². The van der Waals surface area contributed by atoms with E-state index >= 15 is 0 Å². The Morgan fingerprint density at radius 3 is 1.34 bits per heavy atom. The Morgan fingerprint density at radius 1 is 0.548 bits per heavy atom. The molecule has 0 amide bonds. The van der Waals surface area contributed by atoms with E-state index < -0.39 is 38.5 Å². The van der Waals surface area contributed by atoms with E-state index in [1.807, 2.05) is 97.1 Å². The van der Waals surface area contributed by atoms with Crippen molar-refractivity contribution in [3.63, 3.8) is 0 Å². The molecule has 0 N–H and O–H groups in total. The van der Waals surface area contributed by atoms with Gasteiger partial charge >= 0.3 is 0 Å². The van der Waals surface area contributed by atoms with Crippen molar-refractivity contribution in [3.8, 4) is 0 Å². The van der Waals surface area contributed by atoms with Gasteiger partial charge < -0.3 is 42.1 Å². The third kappa shape index (κ3) is 18.5. The summed E-state index contributed by atoms with van der Waals surface area (Å²) in [6.45, 7) is 15.6. The number of ether oxygens (including phenoxy) is 5. The molecule has 1 aliphatic heterocycles. The third-order valence-corrected chi connectivity index (χ3v) is 12.2. The molecule has 5 rings (SSSR count). The second-order valence-electron chi connectivity index (χ2n) is 16.2. The van der Waals surface area contributed by atoms with Gasteiger partial charge in [0.1, 0.15) is 24.4 Å². The van der Waals surface area contributed by atoms with E-state index in [-0.39, 0.29) is 26.4 Å². The SMILES string of the molecule is CCCC[N+](CCCC)(CCCC)CCCC.CO[C@H]1O[C@H](COCc2ccccc2)[C@@H](OCc2ccccc2)[C@H](OP(=O)([O-])OCc2ccccc2)[C@@H]1OCc1ccccc1. The van der Waals surface area contributed by atoms with Gasteiger partial charge in [0, 0.05) is 7.11 Å². The van der Waals surface area contributed by atoms with Crippen LogP contribution >= 0.6 is 7.82 Å². The number of phosphoric ester groups is 1. The van der Waals surface area contributed by atoms with E-state index in [2.05, 4.69) is 27.7 Å². The smallest absolute Gasteiger partial charge is 0.268 e. The highest BCUT2D eigenvalue weighted by Gasteiger charge is 2.50. The second-order valence-corrected chi connectivity index (χ2v) is 17.6. The van der Waals surface area contributed by atoms with Crippen molar-refractivity contribution < 1.29 is 46.7 Å². The number of quaternary nitrogens is 1. The summed E-state index contributed by atoms with van der Waals surface area (Å²) < 4.78 is 56.7. The van der Waals surface area contributed by atoms with Crippen LogP contribution in [0.5, 0.6) is 0 Å². The van der Waals surface area contributed by atoms with Crippen LogP contribution in [0, 0.1) is 0 Å². The lowest BCUT2D eigenvalue weighted by atomic mass is 9.98. The molecule has 4 aromatic rings. The molecule has 0 saturated carbocycles. The molecule has 1 fully saturated rings. The summed E-state index contributed by atoms with van der Waals surface area (Å²) in [5.74, 6) is 0. The molecule has 6 atom stereocenters. The Bertz CT molecular complexity index is 1720. The van der Waals surface area contributed by atoms with E-state index in [9.17, 15) is 9.46 Å². The van der Waals surface area contributed by atoms with Crippen molar-refractivity contribution in [2.24, 2.45) is 0 Å². The van der Waals surface area contributed by atoms with Gasteiger partial charge in [-0.1, -0.05) is 175 Å². The van der Waals surface area contributed by atoms with Crippen molar-refractivity contribution in [3.05, 3.63) is 144 Å². The standard InChI is InChI=1S/C35H39O9P.C16H36N/c1-38-35-34(41-24-29-18-10-4-11-19-29)33(44-45(36,37)42-25-30-20-12-5-13-21-30)32(40-23-28-16-8-3-9-17-28)31(43-35)26-39-22-27-14-6-2-7-15-27;1-5-9-13-17(14-10-6-2,15-11-7-3)16-12-8-4/h2-21,31-35H,22-26H2,1H3,(H,36,37);5-16H2,1-4H3/q;+1/p-1/t31-,32-,33+,34+,35+;/m1./s1. The van der Waals surface area contributed by atoms with E-state index in [1.165, 1.54) is 89.1 Å². The average Bonchev–Trinajstić information content (AvgIpc) is 3.31. The summed E-state index contributed by atoms with van der Waals surface area (Å²) in [4.78, 5) is 13.4. The van der Waals surface area contributed by atoms with Gasteiger partial charge in [0.15, 0.2) is 6.29 Å². The van der Waals surface area contributed by atoms with Crippen molar-refractivity contribution in [1.29, 1.82) is 0 Å². The summed E-state index contributed by atoms with van der Waals surface area (Å²) in [6, 6.07) is 37.8. The van der Waals surface area contributed by atoms with Crippen LogP contribution < -0.4 is 4.89 Å². The molecular formula is C51H74NO9P. The summed E-state index contributed by atoms with van der Waals surface area (Å²) in [6.07, 6.45) is 6.18. The number of rotatable bonds is 28. The van der Waals surface area contributed by atoms with Gasteiger partial charge in [0.2, 0.25) is 0 Å². The summed E-state index contributed by atoms with van der Waals surface area (Å²) >= 11 is 0.